The highest BCUT2D eigenvalue weighted by atomic mass is 35.5. The van der Waals surface area contributed by atoms with Crippen molar-refractivity contribution in [1.29, 1.82) is 0 Å². The number of fused-ring (bicyclic) bond motifs is 1. The van der Waals surface area contributed by atoms with E-state index in [-0.39, 0.29) is 28.2 Å². The summed E-state index contributed by atoms with van der Waals surface area (Å²) in [6.45, 7) is 1.21. The minimum atomic E-state index is -3.58. The molecule has 0 radical (unpaired) electrons. The Morgan fingerprint density at radius 2 is 1.75 bits per heavy atom. The number of nitrogens with one attached hydrogen (secondary N) is 1. The molecular weight excluding hydrogens is 448 g/mol. The first-order chi connectivity index (χ1) is 15.4. The van der Waals surface area contributed by atoms with E-state index in [0.29, 0.717) is 19.6 Å². The molecule has 6 nitrogen and oxygen atoms in total. The van der Waals surface area contributed by atoms with Gasteiger partial charge in [-0.15, -0.1) is 0 Å². The summed E-state index contributed by atoms with van der Waals surface area (Å²) in [7, 11) is -3.58. The minimum Gasteiger partial charge on any atom is -0.482 e. The number of carbonyl (C=O) groups excluding carboxylic acids is 1. The van der Waals surface area contributed by atoms with Gasteiger partial charge in [-0.25, -0.2) is 8.42 Å². The van der Waals surface area contributed by atoms with Crippen LogP contribution in [0, 0.1) is 0 Å². The molecule has 1 saturated heterocycles. The third-order valence-corrected chi connectivity index (χ3v) is 7.76. The van der Waals surface area contributed by atoms with Gasteiger partial charge in [0.1, 0.15) is 5.75 Å². The third kappa shape index (κ3) is 5.06. The predicted octanol–water partition coefficient (Wildman–Crippen LogP) is 4.36. The smallest absolute Gasteiger partial charge is 0.258 e. The molecule has 0 aromatic heterocycles. The van der Waals surface area contributed by atoms with E-state index < -0.39 is 10.0 Å². The molecule has 0 atom stereocenters. The summed E-state index contributed by atoms with van der Waals surface area (Å²) in [6.07, 6.45) is 2.77. The average Bonchev–Trinajstić information content (AvgIpc) is 2.82. The number of carbonyl (C=O) groups is 1. The van der Waals surface area contributed by atoms with Gasteiger partial charge in [0.15, 0.2) is 6.61 Å². The van der Waals surface area contributed by atoms with Crippen LogP contribution in [0.5, 0.6) is 5.75 Å². The van der Waals surface area contributed by atoms with Gasteiger partial charge in [0.2, 0.25) is 10.0 Å². The molecule has 168 valence electrons. The van der Waals surface area contributed by atoms with Gasteiger partial charge in [0.05, 0.1) is 9.92 Å². The van der Waals surface area contributed by atoms with Crippen molar-refractivity contribution in [1.82, 2.24) is 9.62 Å². The maximum absolute atomic E-state index is 12.8. The zero-order valence-electron chi connectivity index (χ0n) is 17.6. The Hall–Kier alpha value is -2.61. The first kappa shape index (κ1) is 22.6. The van der Waals surface area contributed by atoms with Gasteiger partial charge in [-0.2, -0.15) is 4.31 Å². The minimum absolute atomic E-state index is 0.136. The molecule has 1 N–H and O–H groups in total. The van der Waals surface area contributed by atoms with Crippen molar-refractivity contribution >= 4 is 38.3 Å². The van der Waals surface area contributed by atoms with E-state index >= 15 is 0 Å². The maximum atomic E-state index is 12.8. The van der Waals surface area contributed by atoms with Crippen LogP contribution in [-0.4, -0.2) is 38.3 Å². The topological polar surface area (TPSA) is 75.7 Å². The van der Waals surface area contributed by atoms with Crippen LogP contribution < -0.4 is 10.1 Å². The molecule has 3 aromatic carbocycles. The molecule has 0 bridgehead atoms. The lowest BCUT2D eigenvalue weighted by Crippen LogP contribution is -2.35. The summed E-state index contributed by atoms with van der Waals surface area (Å²) >= 11 is 6.26. The number of hydrogen-bond donors (Lipinski definition) is 1. The van der Waals surface area contributed by atoms with Gasteiger partial charge in [0, 0.05) is 19.6 Å². The Bertz CT molecular complexity index is 1220. The Kier molecular flexibility index (Phi) is 6.98. The lowest BCUT2D eigenvalue weighted by molar-refractivity contribution is -0.123. The van der Waals surface area contributed by atoms with Crippen LogP contribution in [0.3, 0.4) is 0 Å². The molecule has 32 heavy (non-hydrogen) atoms. The van der Waals surface area contributed by atoms with Crippen LogP contribution in [0.2, 0.25) is 5.02 Å². The Morgan fingerprint density at radius 1 is 1.00 bits per heavy atom. The standard InChI is InChI=1S/C24H25ClN2O4S/c25-22-15-20(32(29,30)27-13-4-1-5-14-27)11-12-23(22)31-17-24(28)26-16-19-9-6-8-18-7-2-3-10-21(18)19/h2-3,6-12,15H,1,4-5,13-14,16-17H2,(H,26,28). The van der Waals surface area contributed by atoms with E-state index in [1.807, 2.05) is 42.5 Å². The van der Waals surface area contributed by atoms with Gasteiger partial charge in [-0.05, 0) is 47.4 Å². The van der Waals surface area contributed by atoms with Crippen LogP contribution in [0.1, 0.15) is 24.8 Å². The molecule has 0 saturated carbocycles. The van der Waals surface area contributed by atoms with Crippen LogP contribution in [0.4, 0.5) is 0 Å². The summed E-state index contributed by atoms with van der Waals surface area (Å²) in [5.74, 6) is -0.0245. The molecule has 1 fully saturated rings. The lowest BCUT2D eigenvalue weighted by Gasteiger charge is -2.26. The quantitative estimate of drug-likeness (QED) is 0.554. The van der Waals surface area contributed by atoms with Crippen molar-refractivity contribution < 1.29 is 17.9 Å². The van der Waals surface area contributed by atoms with Crippen LogP contribution >= 0.6 is 11.6 Å². The highest BCUT2D eigenvalue weighted by Crippen LogP contribution is 2.29. The monoisotopic (exact) mass is 472 g/mol. The number of piperidine rings is 1. The first-order valence-corrected chi connectivity index (χ1v) is 12.4. The number of halogens is 1. The second kappa shape index (κ2) is 9.90. The van der Waals surface area contributed by atoms with E-state index in [0.717, 1.165) is 35.6 Å². The fraction of sp³-hybridized carbons (Fsp3) is 0.292. The lowest BCUT2D eigenvalue weighted by atomic mass is 10.0. The molecule has 1 amide bonds. The fourth-order valence-corrected chi connectivity index (χ4v) is 5.69. The average molecular weight is 473 g/mol. The third-order valence-electron chi connectivity index (χ3n) is 5.57. The van der Waals surface area contributed by atoms with Gasteiger partial charge in [-0.1, -0.05) is 60.5 Å². The second-order valence-corrected chi connectivity index (χ2v) is 10.1. The van der Waals surface area contributed by atoms with Crippen molar-refractivity contribution in [2.75, 3.05) is 19.7 Å². The van der Waals surface area contributed by atoms with E-state index in [4.69, 9.17) is 16.3 Å². The number of amides is 1. The van der Waals surface area contributed by atoms with Crippen LogP contribution in [0.15, 0.2) is 65.6 Å². The number of hydrogen-bond acceptors (Lipinski definition) is 4. The number of benzene rings is 3. The summed E-state index contributed by atoms with van der Waals surface area (Å²) in [4.78, 5) is 12.4. The zero-order chi connectivity index (χ0) is 22.6. The summed E-state index contributed by atoms with van der Waals surface area (Å²) < 4.78 is 32.6. The largest absolute Gasteiger partial charge is 0.482 e. The van der Waals surface area contributed by atoms with Gasteiger partial charge >= 0.3 is 0 Å². The van der Waals surface area contributed by atoms with Crippen LogP contribution in [0.25, 0.3) is 10.8 Å². The maximum Gasteiger partial charge on any atom is 0.258 e. The first-order valence-electron chi connectivity index (χ1n) is 10.6. The normalized spacial score (nSPS) is 14.9. The fourth-order valence-electron chi connectivity index (χ4n) is 3.85. The van der Waals surface area contributed by atoms with Gasteiger partial charge in [-0.3, -0.25) is 4.79 Å². The SMILES string of the molecule is O=C(COc1ccc(S(=O)(=O)N2CCCCC2)cc1Cl)NCc1cccc2ccccc12. The van der Waals surface area contributed by atoms with E-state index in [2.05, 4.69) is 5.32 Å². The molecule has 1 aliphatic heterocycles. The summed E-state index contributed by atoms with van der Waals surface area (Å²) in [5, 5.41) is 5.21. The molecule has 4 rings (SSSR count). The Balaban J connectivity index is 1.35. The number of rotatable bonds is 7. The second-order valence-electron chi connectivity index (χ2n) is 7.76. The van der Waals surface area contributed by atoms with Crippen molar-refractivity contribution in [2.24, 2.45) is 0 Å². The number of ether oxygens (including phenoxy) is 1. The summed E-state index contributed by atoms with van der Waals surface area (Å²) in [6, 6.07) is 18.3. The van der Waals surface area contributed by atoms with Crippen molar-refractivity contribution in [3.63, 3.8) is 0 Å². The Labute approximate surface area is 193 Å². The van der Waals surface area contributed by atoms with Crippen molar-refractivity contribution in [3.05, 3.63) is 71.2 Å². The van der Waals surface area contributed by atoms with Gasteiger partial charge in [0.25, 0.3) is 5.91 Å². The van der Waals surface area contributed by atoms with E-state index in [1.165, 1.54) is 22.5 Å². The van der Waals surface area contributed by atoms with Crippen LogP contribution in [-0.2, 0) is 21.4 Å². The molecule has 8 heteroatoms. The molecule has 1 aliphatic rings. The highest BCUT2D eigenvalue weighted by molar-refractivity contribution is 7.89. The number of sulfonamides is 1. The van der Waals surface area contributed by atoms with Gasteiger partial charge < -0.3 is 10.1 Å². The number of nitrogens with zero attached hydrogens (tertiary/aromatic N) is 1. The Morgan fingerprint density at radius 3 is 2.53 bits per heavy atom. The summed E-state index contributed by atoms with van der Waals surface area (Å²) in [5.41, 5.74) is 1.02. The molecule has 3 aromatic rings. The van der Waals surface area contributed by atoms with Crippen molar-refractivity contribution in [3.8, 4) is 5.75 Å². The van der Waals surface area contributed by atoms with E-state index in [1.54, 1.807) is 0 Å². The molecule has 0 unspecified atom stereocenters. The van der Waals surface area contributed by atoms with Crippen molar-refractivity contribution in [2.45, 2.75) is 30.7 Å². The molecule has 0 aliphatic carbocycles. The molecule has 0 spiro atoms. The van der Waals surface area contributed by atoms with E-state index in [9.17, 15) is 13.2 Å². The molecule has 1 heterocycles. The predicted molar refractivity (Wildman–Crippen MR) is 125 cm³/mol. The molecular formula is C24H25ClN2O4S. The highest BCUT2D eigenvalue weighted by Gasteiger charge is 2.26. The zero-order valence-corrected chi connectivity index (χ0v) is 19.2.